The average molecular weight is 516 g/mol. The Morgan fingerprint density at radius 3 is 2.49 bits per heavy atom. The van der Waals surface area contributed by atoms with Gasteiger partial charge in [-0.1, -0.05) is 41.4 Å². The molecule has 3 heterocycles. The monoisotopic (exact) mass is 515 g/mol. The second kappa shape index (κ2) is 9.54. The van der Waals surface area contributed by atoms with Crippen LogP contribution in [0.2, 0.25) is 10.0 Å². The molecule has 0 aliphatic carbocycles. The van der Waals surface area contributed by atoms with Crippen LogP contribution in [-0.4, -0.2) is 46.8 Å². The molecule has 0 radical (unpaired) electrons. The number of hydrogen-bond donors (Lipinski definition) is 0. The van der Waals surface area contributed by atoms with Crippen molar-refractivity contribution in [2.75, 3.05) is 20.3 Å². The standard InChI is InChI=1S/C25H20Cl2FN3O4/c1-34-13-31-22-12-35-11-18(23(22)21(29-31)8-14-6-7-15(26)9-19(14)27)20(28)10-30-24(32)16-4-2-3-5-17(16)25(30)33/h2-7,9H,8,10-13H2,1H3/b20-18-. The molecule has 10 heteroatoms. The third-order valence-electron chi connectivity index (χ3n) is 6.04. The number of hydrogen-bond acceptors (Lipinski definition) is 5. The number of halogens is 3. The number of carbonyl (C=O) groups excluding carboxylic acids is 2. The maximum atomic E-state index is 15.8. The number of benzene rings is 2. The molecule has 0 saturated carbocycles. The lowest BCUT2D eigenvalue weighted by molar-refractivity contribution is 0.0659. The Balaban J connectivity index is 1.54. The molecule has 1 aromatic heterocycles. The number of methoxy groups -OCH3 is 1. The van der Waals surface area contributed by atoms with Gasteiger partial charge in [0.25, 0.3) is 11.8 Å². The summed E-state index contributed by atoms with van der Waals surface area (Å²) in [5.74, 6) is -1.69. The first-order valence-electron chi connectivity index (χ1n) is 10.8. The van der Waals surface area contributed by atoms with E-state index in [0.717, 1.165) is 10.5 Å². The highest BCUT2D eigenvalue weighted by molar-refractivity contribution is 6.35. The molecule has 3 aromatic rings. The van der Waals surface area contributed by atoms with Gasteiger partial charge in [-0.25, -0.2) is 9.07 Å². The van der Waals surface area contributed by atoms with Crippen LogP contribution in [0.15, 0.2) is 48.3 Å². The van der Waals surface area contributed by atoms with Gasteiger partial charge in [-0.2, -0.15) is 5.10 Å². The number of carbonyl (C=O) groups is 2. The Morgan fingerprint density at radius 1 is 1.11 bits per heavy atom. The molecule has 0 saturated heterocycles. The van der Waals surface area contributed by atoms with E-state index >= 15 is 4.39 Å². The Hall–Kier alpha value is -3.04. The minimum Gasteiger partial charge on any atom is -0.370 e. The van der Waals surface area contributed by atoms with Crippen LogP contribution in [0.3, 0.4) is 0 Å². The van der Waals surface area contributed by atoms with Gasteiger partial charge >= 0.3 is 0 Å². The fourth-order valence-electron chi connectivity index (χ4n) is 4.40. The lowest BCUT2D eigenvalue weighted by Gasteiger charge is -2.21. The number of imide groups is 1. The second-order valence-electron chi connectivity index (χ2n) is 8.22. The van der Waals surface area contributed by atoms with Crippen molar-refractivity contribution >= 4 is 40.6 Å². The van der Waals surface area contributed by atoms with Gasteiger partial charge in [0, 0.05) is 34.7 Å². The predicted molar refractivity (Wildman–Crippen MR) is 128 cm³/mol. The number of aromatic nitrogens is 2. The van der Waals surface area contributed by atoms with E-state index in [-0.39, 0.29) is 36.6 Å². The van der Waals surface area contributed by atoms with E-state index in [1.807, 2.05) is 0 Å². The first-order chi connectivity index (χ1) is 16.9. The van der Waals surface area contributed by atoms with Crippen molar-refractivity contribution in [3.63, 3.8) is 0 Å². The minimum atomic E-state index is -0.638. The van der Waals surface area contributed by atoms with E-state index in [9.17, 15) is 9.59 Å². The van der Waals surface area contributed by atoms with Gasteiger partial charge in [0.05, 0.1) is 42.3 Å². The molecule has 0 N–H and O–H groups in total. The zero-order chi connectivity index (χ0) is 24.7. The lowest BCUT2D eigenvalue weighted by Crippen LogP contribution is -2.31. The van der Waals surface area contributed by atoms with E-state index in [0.29, 0.717) is 33.4 Å². The van der Waals surface area contributed by atoms with Crippen molar-refractivity contribution in [1.82, 2.24) is 14.7 Å². The Bertz CT molecular complexity index is 1350. The van der Waals surface area contributed by atoms with E-state index < -0.39 is 24.2 Å². The molecule has 0 unspecified atom stereocenters. The van der Waals surface area contributed by atoms with Crippen LogP contribution in [-0.2, 0) is 29.2 Å². The van der Waals surface area contributed by atoms with Gasteiger partial charge in [0.1, 0.15) is 12.6 Å². The number of ether oxygens (including phenoxy) is 2. The lowest BCUT2D eigenvalue weighted by atomic mass is 9.97. The maximum absolute atomic E-state index is 15.8. The summed E-state index contributed by atoms with van der Waals surface area (Å²) in [7, 11) is 1.53. The van der Waals surface area contributed by atoms with Crippen LogP contribution < -0.4 is 0 Å². The van der Waals surface area contributed by atoms with Crippen molar-refractivity contribution in [2.45, 2.75) is 19.8 Å². The van der Waals surface area contributed by atoms with Crippen molar-refractivity contribution in [2.24, 2.45) is 0 Å². The Morgan fingerprint density at radius 2 is 1.83 bits per heavy atom. The molecule has 0 spiro atoms. The number of amides is 2. The third kappa shape index (κ3) is 4.27. The quantitative estimate of drug-likeness (QED) is 0.437. The largest absolute Gasteiger partial charge is 0.370 e. The minimum absolute atomic E-state index is 0.0258. The summed E-state index contributed by atoms with van der Waals surface area (Å²) < 4.78 is 28.3. The fourth-order valence-corrected chi connectivity index (χ4v) is 4.87. The first-order valence-corrected chi connectivity index (χ1v) is 11.6. The van der Waals surface area contributed by atoms with Crippen molar-refractivity contribution in [1.29, 1.82) is 0 Å². The summed E-state index contributed by atoms with van der Waals surface area (Å²) in [4.78, 5) is 26.4. The number of rotatable bonds is 6. The smallest absolute Gasteiger partial charge is 0.261 e. The van der Waals surface area contributed by atoms with Gasteiger partial charge < -0.3 is 9.47 Å². The molecule has 2 aliphatic heterocycles. The molecule has 2 aromatic carbocycles. The van der Waals surface area contributed by atoms with Crippen LogP contribution in [0.4, 0.5) is 4.39 Å². The van der Waals surface area contributed by atoms with Crippen LogP contribution >= 0.6 is 23.2 Å². The summed E-state index contributed by atoms with van der Waals surface area (Å²) >= 11 is 12.4. The second-order valence-corrected chi connectivity index (χ2v) is 9.06. The summed E-state index contributed by atoms with van der Waals surface area (Å²) in [6, 6.07) is 11.6. The third-order valence-corrected chi connectivity index (χ3v) is 6.63. The SMILES string of the molecule is COCn1nc(Cc2ccc(Cl)cc2Cl)c2c1COC/C2=C(/F)CN1C(=O)c2ccccc2C1=O. The zero-order valence-corrected chi connectivity index (χ0v) is 20.2. The molecule has 180 valence electrons. The zero-order valence-electron chi connectivity index (χ0n) is 18.7. The van der Waals surface area contributed by atoms with Crippen LogP contribution in [0.1, 0.15) is 43.2 Å². The van der Waals surface area contributed by atoms with Crippen molar-refractivity contribution in [3.05, 3.63) is 92.0 Å². The van der Waals surface area contributed by atoms with E-state index in [4.69, 9.17) is 32.7 Å². The summed E-state index contributed by atoms with van der Waals surface area (Å²) in [5, 5.41) is 5.61. The molecule has 2 amide bonds. The molecule has 7 nitrogen and oxygen atoms in total. The molecule has 0 bridgehead atoms. The van der Waals surface area contributed by atoms with Crippen LogP contribution in [0, 0.1) is 0 Å². The summed E-state index contributed by atoms with van der Waals surface area (Å²) in [6.07, 6.45) is 0.318. The van der Waals surface area contributed by atoms with Crippen LogP contribution in [0.25, 0.3) is 5.57 Å². The first kappa shape index (κ1) is 23.7. The molecule has 2 aliphatic rings. The van der Waals surface area contributed by atoms with Gasteiger partial charge in [0.2, 0.25) is 0 Å². The molecular weight excluding hydrogens is 496 g/mol. The van der Waals surface area contributed by atoms with Crippen molar-refractivity contribution in [3.8, 4) is 0 Å². The number of nitrogens with zero attached hydrogens (tertiary/aromatic N) is 3. The molecule has 35 heavy (non-hydrogen) atoms. The van der Waals surface area contributed by atoms with E-state index in [1.54, 1.807) is 47.1 Å². The van der Waals surface area contributed by atoms with E-state index in [2.05, 4.69) is 5.10 Å². The van der Waals surface area contributed by atoms with Gasteiger partial charge in [-0.05, 0) is 29.8 Å². The average Bonchev–Trinajstić information content (AvgIpc) is 3.31. The summed E-state index contributed by atoms with van der Waals surface area (Å²) in [6.45, 7) is -0.166. The topological polar surface area (TPSA) is 73.7 Å². The molecular formula is C25H20Cl2FN3O4. The molecule has 5 rings (SSSR count). The predicted octanol–water partition coefficient (Wildman–Crippen LogP) is 4.89. The summed E-state index contributed by atoms with van der Waals surface area (Å²) in [5.41, 5.74) is 3.35. The highest BCUT2D eigenvalue weighted by Gasteiger charge is 2.37. The van der Waals surface area contributed by atoms with Gasteiger partial charge in [-0.3, -0.25) is 14.5 Å². The molecule has 0 fully saturated rings. The highest BCUT2D eigenvalue weighted by atomic mass is 35.5. The number of fused-ring (bicyclic) bond motifs is 2. The van der Waals surface area contributed by atoms with Crippen molar-refractivity contribution < 1.29 is 23.5 Å². The maximum Gasteiger partial charge on any atom is 0.261 e. The van der Waals surface area contributed by atoms with Gasteiger partial charge in [-0.15, -0.1) is 0 Å². The Labute approximate surface area is 210 Å². The fraction of sp³-hybridized carbons (Fsp3) is 0.240. The normalized spacial score (nSPS) is 16.5. The van der Waals surface area contributed by atoms with Gasteiger partial charge in [0.15, 0.2) is 0 Å². The molecule has 0 atom stereocenters. The Kier molecular flexibility index (Phi) is 6.46. The van der Waals surface area contributed by atoms with Crippen LogP contribution in [0.5, 0.6) is 0 Å². The van der Waals surface area contributed by atoms with E-state index in [1.165, 1.54) is 7.11 Å². The highest BCUT2D eigenvalue weighted by Crippen LogP contribution is 2.35.